The first kappa shape index (κ1) is 13.8. The lowest BCUT2D eigenvalue weighted by atomic mass is 10.2. The van der Waals surface area contributed by atoms with Gasteiger partial charge in [-0.15, -0.1) is 0 Å². The summed E-state index contributed by atoms with van der Waals surface area (Å²) in [6.07, 6.45) is 0.467. The molecule has 1 aromatic carbocycles. The number of carboxylic acid groups (broad SMARTS) is 1. The number of benzene rings is 1. The fraction of sp³-hybridized carbons (Fsp3) is 0.231. The Kier molecular flexibility index (Phi) is 5.44. The van der Waals surface area contributed by atoms with Gasteiger partial charge in [-0.3, -0.25) is 0 Å². The molecule has 2 N–H and O–H groups in total. The first-order chi connectivity index (χ1) is 8.58. The van der Waals surface area contributed by atoms with Crippen LogP contribution in [-0.2, 0) is 16.1 Å². The van der Waals surface area contributed by atoms with Gasteiger partial charge in [-0.1, -0.05) is 30.3 Å². The molecule has 0 spiro atoms. The van der Waals surface area contributed by atoms with Crippen molar-refractivity contribution in [3.05, 3.63) is 47.5 Å². The molecule has 0 aromatic heterocycles. The van der Waals surface area contributed by atoms with Crippen LogP contribution in [0.1, 0.15) is 12.5 Å². The largest absolute Gasteiger partial charge is 0.478 e. The Hall–Kier alpha value is -2.30. The standard InChI is InChI=1S/C13H15NO4/c1-10(7-12(15)16)8-14-13(17)18-9-11-5-3-2-4-6-11/h2-7H,8-9H2,1H3,(H,14,17)(H,15,16)/b10-7+. The highest BCUT2D eigenvalue weighted by molar-refractivity contribution is 5.80. The number of aliphatic carboxylic acids is 1. The van der Waals surface area contributed by atoms with Crippen LogP contribution in [0.25, 0.3) is 0 Å². The molecule has 18 heavy (non-hydrogen) atoms. The second-order valence-corrected chi connectivity index (χ2v) is 3.74. The summed E-state index contributed by atoms with van der Waals surface area (Å²) in [6.45, 7) is 1.96. The van der Waals surface area contributed by atoms with Gasteiger partial charge in [-0.25, -0.2) is 9.59 Å². The van der Waals surface area contributed by atoms with Crippen LogP contribution in [0, 0.1) is 0 Å². The molecule has 0 aliphatic carbocycles. The predicted octanol–water partition coefficient (Wildman–Crippen LogP) is 1.94. The van der Waals surface area contributed by atoms with E-state index in [9.17, 15) is 9.59 Å². The summed E-state index contributed by atoms with van der Waals surface area (Å²) in [5, 5.41) is 10.9. The number of hydrogen-bond acceptors (Lipinski definition) is 3. The summed E-state index contributed by atoms with van der Waals surface area (Å²) in [6, 6.07) is 9.29. The lowest BCUT2D eigenvalue weighted by Gasteiger charge is -2.06. The molecule has 5 nitrogen and oxygen atoms in total. The summed E-state index contributed by atoms with van der Waals surface area (Å²) < 4.78 is 4.96. The SMILES string of the molecule is C/C(=C\C(=O)O)CNC(=O)OCc1ccccc1. The average Bonchev–Trinajstić information content (AvgIpc) is 2.34. The maximum absolute atomic E-state index is 11.3. The number of carboxylic acids is 1. The molecule has 0 fully saturated rings. The van der Waals surface area contributed by atoms with Crippen molar-refractivity contribution in [3.63, 3.8) is 0 Å². The molecule has 96 valence electrons. The monoisotopic (exact) mass is 249 g/mol. The van der Waals surface area contributed by atoms with Crippen LogP contribution in [0.2, 0.25) is 0 Å². The van der Waals surface area contributed by atoms with Crippen LogP contribution in [0.3, 0.4) is 0 Å². The third-order valence-electron chi connectivity index (χ3n) is 2.09. The summed E-state index contributed by atoms with van der Waals surface area (Å²) in [7, 11) is 0. The van der Waals surface area contributed by atoms with E-state index in [-0.39, 0.29) is 13.2 Å². The van der Waals surface area contributed by atoms with Crippen molar-refractivity contribution in [2.75, 3.05) is 6.54 Å². The number of alkyl carbamates (subject to hydrolysis) is 1. The molecule has 0 aliphatic heterocycles. The van der Waals surface area contributed by atoms with Crippen molar-refractivity contribution in [1.29, 1.82) is 0 Å². The van der Waals surface area contributed by atoms with E-state index in [0.29, 0.717) is 5.57 Å². The highest BCUT2D eigenvalue weighted by atomic mass is 16.5. The minimum Gasteiger partial charge on any atom is -0.478 e. The van der Waals surface area contributed by atoms with E-state index in [1.165, 1.54) is 0 Å². The second kappa shape index (κ2) is 7.11. The Morgan fingerprint density at radius 1 is 1.33 bits per heavy atom. The van der Waals surface area contributed by atoms with Crippen LogP contribution >= 0.6 is 0 Å². The minimum atomic E-state index is -1.04. The van der Waals surface area contributed by atoms with Gasteiger partial charge >= 0.3 is 12.1 Å². The molecule has 5 heteroatoms. The van der Waals surface area contributed by atoms with E-state index in [4.69, 9.17) is 9.84 Å². The first-order valence-electron chi connectivity index (χ1n) is 5.42. The smallest absolute Gasteiger partial charge is 0.407 e. The van der Waals surface area contributed by atoms with Crippen molar-refractivity contribution >= 4 is 12.1 Å². The summed E-state index contributed by atoms with van der Waals surface area (Å²) in [4.78, 5) is 21.6. The van der Waals surface area contributed by atoms with Gasteiger partial charge in [0, 0.05) is 12.6 Å². The molecule has 0 radical (unpaired) electrons. The predicted molar refractivity (Wildman–Crippen MR) is 66.0 cm³/mol. The van der Waals surface area contributed by atoms with Crippen molar-refractivity contribution in [3.8, 4) is 0 Å². The third-order valence-corrected chi connectivity index (χ3v) is 2.09. The van der Waals surface area contributed by atoms with Gasteiger partial charge < -0.3 is 15.2 Å². The molecule has 0 atom stereocenters. The number of rotatable bonds is 5. The zero-order chi connectivity index (χ0) is 13.4. The molecule has 1 rings (SSSR count). The molecule has 0 unspecified atom stereocenters. The number of nitrogens with one attached hydrogen (secondary N) is 1. The summed E-state index contributed by atoms with van der Waals surface area (Å²) in [5.41, 5.74) is 1.43. The molecule has 0 saturated carbocycles. The lowest BCUT2D eigenvalue weighted by molar-refractivity contribution is -0.131. The number of carbonyl (C=O) groups excluding carboxylic acids is 1. The third kappa shape index (κ3) is 5.69. The molecule has 0 heterocycles. The lowest BCUT2D eigenvalue weighted by Crippen LogP contribution is -2.26. The Balaban J connectivity index is 2.28. The van der Waals surface area contributed by atoms with Crippen molar-refractivity contribution < 1.29 is 19.4 Å². The fourth-order valence-corrected chi connectivity index (χ4v) is 1.25. The van der Waals surface area contributed by atoms with Gasteiger partial charge in [-0.05, 0) is 18.1 Å². The Labute approximate surface area is 105 Å². The van der Waals surface area contributed by atoms with Gasteiger partial charge in [-0.2, -0.15) is 0 Å². The van der Waals surface area contributed by atoms with Crippen LogP contribution in [-0.4, -0.2) is 23.7 Å². The molecule has 1 aromatic rings. The molecule has 0 saturated heterocycles. The first-order valence-corrected chi connectivity index (χ1v) is 5.42. The van der Waals surface area contributed by atoms with Crippen molar-refractivity contribution in [2.24, 2.45) is 0 Å². The number of amides is 1. The molecule has 0 aliphatic rings. The zero-order valence-corrected chi connectivity index (χ0v) is 10.1. The van der Waals surface area contributed by atoms with E-state index in [0.717, 1.165) is 11.6 Å². The van der Waals surface area contributed by atoms with Crippen LogP contribution < -0.4 is 5.32 Å². The van der Waals surface area contributed by atoms with Gasteiger partial charge in [0.2, 0.25) is 0 Å². The number of ether oxygens (including phenoxy) is 1. The molecule has 0 bridgehead atoms. The highest BCUT2D eigenvalue weighted by Gasteiger charge is 2.02. The van der Waals surface area contributed by atoms with Gasteiger partial charge in [0.15, 0.2) is 0 Å². The van der Waals surface area contributed by atoms with Crippen molar-refractivity contribution in [2.45, 2.75) is 13.5 Å². The van der Waals surface area contributed by atoms with Crippen LogP contribution in [0.4, 0.5) is 4.79 Å². The molecular weight excluding hydrogens is 234 g/mol. The fourth-order valence-electron chi connectivity index (χ4n) is 1.25. The normalized spacial score (nSPS) is 10.8. The van der Waals surface area contributed by atoms with E-state index in [1.807, 2.05) is 30.3 Å². The minimum absolute atomic E-state index is 0.153. The second-order valence-electron chi connectivity index (χ2n) is 3.74. The Bertz CT molecular complexity index is 440. The van der Waals surface area contributed by atoms with Gasteiger partial charge in [0.1, 0.15) is 6.61 Å². The van der Waals surface area contributed by atoms with Crippen LogP contribution in [0.15, 0.2) is 42.0 Å². The summed E-state index contributed by atoms with van der Waals surface area (Å²) >= 11 is 0. The summed E-state index contributed by atoms with van der Waals surface area (Å²) in [5.74, 6) is -1.04. The quantitative estimate of drug-likeness (QED) is 0.782. The Morgan fingerprint density at radius 3 is 2.61 bits per heavy atom. The van der Waals surface area contributed by atoms with Gasteiger partial charge in [0.25, 0.3) is 0 Å². The number of carbonyl (C=O) groups is 2. The van der Waals surface area contributed by atoms with Crippen LogP contribution in [0.5, 0.6) is 0 Å². The maximum atomic E-state index is 11.3. The maximum Gasteiger partial charge on any atom is 0.407 e. The zero-order valence-electron chi connectivity index (χ0n) is 10.1. The van der Waals surface area contributed by atoms with Gasteiger partial charge in [0.05, 0.1) is 0 Å². The van der Waals surface area contributed by atoms with E-state index in [1.54, 1.807) is 6.92 Å². The van der Waals surface area contributed by atoms with E-state index < -0.39 is 12.1 Å². The van der Waals surface area contributed by atoms with Crippen molar-refractivity contribution in [1.82, 2.24) is 5.32 Å². The molecular formula is C13H15NO4. The average molecular weight is 249 g/mol. The topological polar surface area (TPSA) is 75.6 Å². The number of hydrogen-bond donors (Lipinski definition) is 2. The molecule has 1 amide bonds. The van der Waals surface area contributed by atoms with E-state index in [2.05, 4.69) is 5.32 Å². The van der Waals surface area contributed by atoms with E-state index >= 15 is 0 Å². The Morgan fingerprint density at radius 2 is 2.00 bits per heavy atom. The highest BCUT2D eigenvalue weighted by Crippen LogP contribution is 2.00.